The van der Waals surface area contributed by atoms with Crippen LogP contribution in [0.2, 0.25) is 0 Å². The average Bonchev–Trinajstić information content (AvgIpc) is 2.95. The Morgan fingerprint density at radius 2 is 1.90 bits per heavy atom. The highest BCUT2D eigenvalue weighted by molar-refractivity contribution is 5.52. The van der Waals surface area contributed by atoms with Crippen LogP contribution in [0.5, 0.6) is 0 Å². The van der Waals surface area contributed by atoms with Crippen molar-refractivity contribution in [3.05, 3.63) is 64.7 Å². The number of para-hydroxylation sites is 1. The van der Waals surface area contributed by atoms with Gasteiger partial charge in [0.25, 0.3) is 0 Å². The Morgan fingerprint density at radius 3 is 2.75 bits per heavy atom. The van der Waals surface area contributed by atoms with E-state index < -0.39 is 0 Å². The molecule has 1 atom stereocenters. The van der Waals surface area contributed by atoms with Gasteiger partial charge >= 0.3 is 0 Å². The van der Waals surface area contributed by atoms with E-state index in [-0.39, 0.29) is 12.6 Å². The number of anilines is 1. The molecule has 1 aliphatic rings. The van der Waals surface area contributed by atoms with Gasteiger partial charge in [-0.2, -0.15) is 0 Å². The van der Waals surface area contributed by atoms with Crippen LogP contribution in [-0.4, -0.2) is 5.11 Å². The third-order valence-corrected chi connectivity index (χ3v) is 4.18. The zero-order chi connectivity index (χ0) is 13.9. The number of hydrogen-bond acceptors (Lipinski definition) is 2. The molecule has 0 radical (unpaired) electrons. The number of nitrogens with one attached hydrogen (secondary N) is 1. The highest BCUT2D eigenvalue weighted by Crippen LogP contribution is 2.27. The Morgan fingerprint density at radius 1 is 1.10 bits per heavy atom. The van der Waals surface area contributed by atoms with E-state index in [0.29, 0.717) is 0 Å². The van der Waals surface area contributed by atoms with Crippen molar-refractivity contribution in [3.8, 4) is 0 Å². The molecule has 1 unspecified atom stereocenters. The minimum Gasteiger partial charge on any atom is -0.392 e. The highest BCUT2D eigenvalue weighted by Gasteiger charge is 2.14. The SMILES string of the molecule is CC(Nc1ccccc1CO)c1ccc2c(c1)CCC2. The van der Waals surface area contributed by atoms with Crippen molar-refractivity contribution in [2.45, 2.75) is 38.8 Å². The van der Waals surface area contributed by atoms with Gasteiger partial charge in [0.05, 0.1) is 6.61 Å². The van der Waals surface area contributed by atoms with E-state index in [1.807, 2.05) is 24.3 Å². The van der Waals surface area contributed by atoms with Gasteiger partial charge in [-0.05, 0) is 48.9 Å². The summed E-state index contributed by atoms with van der Waals surface area (Å²) in [7, 11) is 0. The fraction of sp³-hybridized carbons (Fsp3) is 0.333. The Bertz CT molecular complexity index is 606. The lowest BCUT2D eigenvalue weighted by Crippen LogP contribution is -2.09. The summed E-state index contributed by atoms with van der Waals surface area (Å²) in [4.78, 5) is 0. The van der Waals surface area contributed by atoms with E-state index in [4.69, 9.17) is 0 Å². The predicted octanol–water partition coefficient (Wildman–Crippen LogP) is 3.84. The number of aryl methyl sites for hydroxylation is 2. The van der Waals surface area contributed by atoms with Gasteiger partial charge in [0, 0.05) is 17.3 Å². The van der Waals surface area contributed by atoms with Gasteiger partial charge in [-0.25, -0.2) is 0 Å². The van der Waals surface area contributed by atoms with Crippen LogP contribution in [0.3, 0.4) is 0 Å². The topological polar surface area (TPSA) is 32.3 Å². The number of aliphatic hydroxyl groups excluding tert-OH is 1. The van der Waals surface area contributed by atoms with Crippen LogP contribution in [0.25, 0.3) is 0 Å². The highest BCUT2D eigenvalue weighted by atomic mass is 16.3. The van der Waals surface area contributed by atoms with E-state index in [2.05, 4.69) is 30.4 Å². The van der Waals surface area contributed by atoms with Crippen molar-refractivity contribution in [3.63, 3.8) is 0 Å². The van der Waals surface area contributed by atoms with Gasteiger partial charge < -0.3 is 10.4 Å². The number of fused-ring (bicyclic) bond motifs is 1. The molecule has 0 heterocycles. The Hall–Kier alpha value is -1.80. The molecule has 2 N–H and O–H groups in total. The maximum Gasteiger partial charge on any atom is 0.0701 e. The van der Waals surface area contributed by atoms with Gasteiger partial charge in [-0.15, -0.1) is 0 Å². The molecule has 2 nitrogen and oxygen atoms in total. The largest absolute Gasteiger partial charge is 0.392 e. The molecule has 0 fully saturated rings. The van der Waals surface area contributed by atoms with E-state index in [0.717, 1.165) is 11.3 Å². The molecular formula is C18H21NO. The first-order valence-corrected chi connectivity index (χ1v) is 7.35. The van der Waals surface area contributed by atoms with Crippen molar-refractivity contribution >= 4 is 5.69 Å². The standard InChI is InChI=1S/C18H21NO/c1-13(19-18-8-3-2-5-17(18)12-20)15-10-9-14-6-4-7-16(14)11-15/h2-3,5,8-11,13,19-20H,4,6-7,12H2,1H3. The molecule has 104 valence electrons. The minimum absolute atomic E-state index is 0.0695. The molecule has 2 heteroatoms. The summed E-state index contributed by atoms with van der Waals surface area (Å²) in [5.74, 6) is 0. The van der Waals surface area contributed by atoms with Crippen molar-refractivity contribution in [1.82, 2.24) is 0 Å². The fourth-order valence-corrected chi connectivity index (χ4v) is 2.98. The number of rotatable bonds is 4. The molecule has 20 heavy (non-hydrogen) atoms. The first kappa shape index (κ1) is 13.2. The fourth-order valence-electron chi connectivity index (χ4n) is 2.98. The normalized spacial score (nSPS) is 14.9. The number of aliphatic hydroxyl groups is 1. The smallest absolute Gasteiger partial charge is 0.0701 e. The molecule has 2 aromatic rings. The van der Waals surface area contributed by atoms with Crippen molar-refractivity contribution in [2.24, 2.45) is 0 Å². The van der Waals surface area contributed by atoms with Crippen LogP contribution in [0.1, 0.15) is 41.6 Å². The summed E-state index contributed by atoms with van der Waals surface area (Å²) in [5, 5.41) is 12.9. The number of benzene rings is 2. The summed E-state index contributed by atoms with van der Waals surface area (Å²) in [5.41, 5.74) is 6.30. The van der Waals surface area contributed by atoms with Crippen LogP contribution >= 0.6 is 0 Å². The molecule has 2 aromatic carbocycles. The van der Waals surface area contributed by atoms with E-state index in [1.165, 1.54) is 36.0 Å². The third-order valence-electron chi connectivity index (χ3n) is 4.18. The van der Waals surface area contributed by atoms with E-state index in [9.17, 15) is 5.11 Å². The minimum atomic E-state index is 0.0695. The van der Waals surface area contributed by atoms with Crippen molar-refractivity contribution < 1.29 is 5.11 Å². The first-order valence-electron chi connectivity index (χ1n) is 7.35. The molecule has 0 saturated heterocycles. The molecule has 1 aliphatic carbocycles. The molecule has 0 spiro atoms. The van der Waals surface area contributed by atoms with Crippen LogP contribution < -0.4 is 5.32 Å². The summed E-state index contributed by atoms with van der Waals surface area (Å²) >= 11 is 0. The van der Waals surface area contributed by atoms with Crippen LogP contribution in [0.15, 0.2) is 42.5 Å². The monoisotopic (exact) mass is 267 g/mol. The van der Waals surface area contributed by atoms with E-state index >= 15 is 0 Å². The van der Waals surface area contributed by atoms with Gasteiger partial charge in [0.2, 0.25) is 0 Å². The second-order valence-corrected chi connectivity index (χ2v) is 5.56. The second kappa shape index (κ2) is 5.68. The molecule has 0 bridgehead atoms. The maximum atomic E-state index is 9.39. The Labute approximate surface area is 120 Å². The van der Waals surface area contributed by atoms with Gasteiger partial charge in [-0.1, -0.05) is 36.4 Å². The summed E-state index contributed by atoms with van der Waals surface area (Å²) in [6.07, 6.45) is 3.72. The van der Waals surface area contributed by atoms with Crippen molar-refractivity contribution in [2.75, 3.05) is 5.32 Å². The zero-order valence-corrected chi connectivity index (χ0v) is 11.9. The Balaban J connectivity index is 1.81. The Kier molecular flexibility index (Phi) is 3.75. The molecular weight excluding hydrogens is 246 g/mol. The van der Waals surface area contributed by atoms with Crippen LogP contribution in [0, 0.1) is 0 Å². The third kappa shape index (κ3) is 2.56. The lowest BCUT2D eigenvalue weighted by molar-refractivity contribution is 0.282. The lowest BCUT2D eigenvalue weighted by atomic mass is 10.0. The first-order chi connectivity index (χ1) is 9.78. The molecule has 0 amide bonds. The quantitative estimate of drug-likeness (QED) is 0.882. The van der Waals surface area contributed by atoms with Gasteiger partial charge in [0.1, 0.15) is 0 Å². The van der Waals surface area contributed by atoms with Crippen molar-refractivity contribution in [1.29, 1.82) is 0 Å². The van der Waals surface area contributed by atoms with E-state index in [1.54, 1.807) is 0 Å². The summed E-state index contributed by atoms with van der Waals surface area (Å²) in [6, 6.07) is 15.0. The maximum absolute atomic E-state index is 9.39. The molecule has 0 aromatic heterocycles. The molecule has 0 aliphatic heterocycles. The predicted molar refractivity (Wildman–Crippen MR) is 82.9 cm³/mol. The van der Waals surface area contributed by atoms with Crippen LogP contribution in [0.4, 0.5) is 5.69 Å². The molecule has 0 saturated carbocycles. The summed E-state index contributed by atoms with van der Waals surface area (Å²) in [6.45, 7) is 2.24. The lowest BCUT2D eigenvalue weighted by Gasteiger charge is -2.18. The molecule has 3 rings (SSSR count). The zero-order valence-electron chi connectivity index (χ0n) is 11.9. The number of hydrogen-bond donors (Lipinski definition) is 2. The van der Waals surface area contributed by atoms with Crippen LogP contribution in [-0.2, 0) is 19.4 Å². The summed E-state index contributed by atoms with van der Waals surface area (Å²) < 4.78 is 0. The average molecular weight is 267 g/mol. The van der Waals surface area contributed by atoms with Gasteiger partial charge in [0.15, 0.2) is 0 Å². The second-order valence-electron chi connectivity index (χ2n) is 5.56. The van der Waals surface area contributed by atoms with Gasteiger partial charge in [-0.3, -0.25) is 0 Å².